The summed E-state index contributed by atoms with van der Waals surface area (Å²) >= 11 is 0. The Morgan fingerprint density at radius 1 is 1.15 bits per heavy atom. The number of nitrogens with zero attached hydrogens (tertiary/aromatic N) is 2. The second-order valence-electron chi connectivity index (χ2n) is 6.57. The molecule has 0 fully saturated rings. The molecular weight excluding hydrogens is 362 g/mol. The molecule has 144 valence electrons. The van der Waals surface area contributed by atoms with Crippen molar-refractivity contribution in [1.82, 2.24) is 4.57 Å². The maximum Gasteiger partial charge on any atom is 0.231 e. The molecule has 0 saturated carbocycles. The average molecular weight is 388 g/mol. The van der Waals surface area contributed by atoms with E-state index < -0.39 is 10.0 Å². The number of nitrogen functional groups attached to an aromatic ring is 1. The summed E-state index contributed by atoms with van der Waals surface area (Å²) in [4.78, 5) is 0. The zero-order chi connectivity index (χ0) is 19.8. The van der Waals surface area contributed by atoms with Crippen LogP contribution in [0.4, 0.5) is 11.4 Å². The highest BCUT2D eigenvalue weighted by Gasteiger charge is 2.18. The van der Waals surface area contributed by atoms with Crippen molar-refractivity contribution >= 4 is 32.3 Å². The second kappa shape index (κ2) is 7.15. The van der Waals surface area contributed by atoms with Gasteiger partial charge in [0.25, 0.3) is 0 Å². The van der Waals surface area contributed by atoms with E-state index >= 15 is 0 Å². The van der Waals surface area contributed by atoms with Gasteiger partial charge < -0.3 is 15.0 Å². The number of sulfonamides is 1. The predicted molar refractivity (Wildman–Crippen MR) is 112 cm³/mol. The first-order valence-electron chi connectivity index (χ1n) is 8.78. The summed E-state index contributed by atoms with van der Waals surface area (Å²) in [6, 6.07) is 13.3. The number of hydrogen-bond acceptors (Lipinski definition) is 4. The molecule has 3 aromatic rings. The van der Waals surface area contributed by atoms with Crippen LogP contribution in [0.15, 0.2) is 42.5 Å². The monoisotopic (exact) mass is 387 g/mol. The van der Waals surface area contributed by atoms with Gasteiger partial charge in [0.2, 0.25) is 10.0 Å². The smallest absolute Gasteiger partial charge is 0.231 e. The third kappa shape index (κ3) is 3.47. The number of methoxy groups -OCH3 is 1. The van der Waals surface area contributed by atoms with Crippen LogP contribution in [-0.4, -0.2) is 33.4 Å². The maximum atomic E-state index is 11.7. The van der Waals surface area contributed by atoms with E-state index in [-0.39, 0.29) is 0 Å². The number of hydrogen-bond donors (Lipinski definition) is 1. The fourth-order valence-electron chi connectivity index (χ4n) is 3.27. The molecule has 0 bridgehead atoms. The molecule has 0 saturated heterocycles. The minimum atomic E-state index is -3.30. The number of aromatic nitrogens is 1. The van der Waals surface area contributed by atoms with E-state index in [1.54, 1.807) is 26.3 Å². The Morgan fingerprint density at radius 2 is 1.81 bits per heavy atom. The molecule has 0 spiro atoms. The number of rotatable bonds is 6. The second-order valence-corrected chi connectivity index (χ2v) is 8.59. The standard InChI is InChI=1S/C20H25N3O3S/c1-5-12-23-18-13-16(26-3)10-11-17(18)19(21)20(23)14-6-8-15(9-7-14)22(2)27(4,24)25/h6-11,13H,5,12,21H2,1-4H3. The zero-order valence-corrected chi connectivity index (χ0v) is 16.9. The first kappa shape index (κ1) is 19.1. The highest BCUT2D eigenvalue weighted by Crippen LogP contribution is 2.38. The Labute approximate surface area is 160 Å². The lowest BCUT2D eigenvalue weighted by atomic mass is 10.1. The maximum absolute atomic E-state index is 11.7. The Bertz CT molecular complexity index is 1070. The van der Waals surface area contributed by atoms with E-state index in [2.05, 4.69) is 11.5 Å². The first-order chi connectivity index (χ1) is 12.8. The molecule has 27 heavy (non-hydrogen) atoms. The Kier molecular flexibility index (Phi) is 5.06. The average Bonchev–Trinajstić information content (AvgIpc) is 2.92. The van der Waals surface area contributed by atoms with Gasteiger partial charge in [0.05, 0.1) is 36.0 Å². The van der Waals surface area contributed by atoms with Crippen molar-refractivity contribution in [3.63, 3.8) is 0 Å². The Hall–Kier alpha value is -2.67. The molecule has 0 aliphatic heterocycles. The molecule has 3 rings (SSSR count). The third-order valence-corrected chi connectivity index (χ3v) is 5.97. The van der Waals surface area contributed by atoms with Gasteiger partial charge in [0.1, 0.15) is 5.75 Å². The van der Waals surface area contributed by atoms with Crippen LogP contribution in [0, 0.1) is 0 Å². The summed E-state index contributed by atoms with van der Waals surface area (Å²) < 4.78 is 32.3. The minimum Gasteiger partial charge on any atom is -0.497 e. The van der Waals surface area contributed by atoms with Crippen molar-refractivity contribution in [1.29, 1.82) is 0 Å². The van der Waals surface area contributed by atoms with Gasteiger partial charge in [-0.1, -0.05) is 19.1 Å². The van der Waals surface area contributed by atoms with Gasteiger partial charge in [0, 0.05) is 30.6 Å². The van der Waals surface area contributed by atoms with Crippen LogP contribution < -0.4 is 14.8 Å². The van der Waals surface area contributed by atoms with Gasteiger partial charge in [-0.25, -0.2) is 8.42 Å². The molecular formula is C20H25N3O3S. The molecule has 0 aliphatic carbocycles. The summed E-state index contributed by atoms with van der Waals surface area (Å²) in [5.74, 6) is 0.786. The lowest BCUT2D eigenvalue weighted by Crippen LogP contribution is -2.24. The lowest BCUT2D eigenvalue weighted by molar-refractivity contribution is 0.415. The highest BCUT2D eigenvalue weighted by atomic mass is 32.2. The van der Waals surface area contributed by atoms with Crippen molar-refractivity contribution in [2.45, 2.75) is 19.9 Å². The molecule has 2 aromatic carbocycles. The summed E-state index contributed by atoms with van der Waals surface area (Å²) in [6.07, 6.45) is 2.15. The predicted octanol–water partition coefficient (Wildman–Crippen LogP) is 3.70. The van der Waals surface area contributed by atoms with Crippen molar-refractivity contribution < 1.29 is 13.2 Å². The van der Waals surface area contributed by atoms with Crippen molar-refractivity contribution in [2.75, 3.05) is 30.5 Å². The fourth-order valence-corrected chi connectivity index (χ4v) is 3.78. The number of fused-ring (bicyclic) bond motifs is 1. The summed E-state index contributed by atoms with van der Waals surface area (Å²) in [6.45, 7) is 2.94. The van der Waals surface area contributed by atoms with Crippen molar-refractivity contribution in [2.24, 2.45) is 0 Å². The van der Waals surface area contributed by atoms with Gasteiger partial charge in [-0.05, 0) is 30.7 Å². The van der Waals surface area contributed by atoms with Crippen molar-refractivity contribution in [3.05, 3.63) is 42.5 Å². The molecule has 6 nitrogen and oxygen atoms in total. The lowest BCUT2D eigenvalue weighted by Gasteiger charge is -2.17. The molecule has 0 aliphatic rings. The Morgan fingerprint density at radius 3 is 2.37 bits per heavy atom. The molecule has 0 amide bonds. The third-order valence-electron chi connectivity index (χ3n) is 4.76. The van der Waals surface area contributed by atoms with Crippen LogP contribution in [-0.2, 0) is 16.6 Å². The van der Waals surface area contributed by atoms with E-state index in [1.807, 2.05) is 30.3 Å². The minimum absolute atomic E-state index is 0.611. The number of benzene rings is 2. The molecule has 0 unspecified atom stereocenters. The molecule has 1 heterocycles. The van der Waals surface area contributed by atoms with Crippen LogP contribution in [0.1, 0.15) is 13.3 Å². The SMILES string of the molecule is CCCn1c(-c2ccc(N(C)S(C)(=O)=O)cc2)c(N)c2ccc(OC)cc21. The first-order valence-corrected chi connectivity index (χ1v) is 10.6. The normalized spacial score (nSPS) is 11.7. The number of aryl methyl sites for hydroxylation is 1. The van der Waals surface area contributed by atoms with Gasteiger partial charge >= 0.3 is 0 Å². The van der Waals surface area contributed by atoms with Crippen LogP contribution in [0.3, 0.4) is 0 Å². The van der Waals surface area contributed by atoms with Crippen molar-refractivity contribution in [3.8, 4) is 17.0 Å². The molecule has 0 atom stereocenters. The highest BCUT2D eigenvalue weighted by molar-refractivity contribution is 7.92. The molecule has 0 radical (unpaired) electrons. The van der Waals surface area contributed by atoms with E-state index in [1.165, 1.54) is 10.6 Å². The van der Waals surface area contributed by atoms with Crippen LogP contribution in [0.5, 0.6) is 5.75 Å². The quantitative estimate of drug-likeness (QED) is 0.699. The van der Waals surface area contributed by atoms with Gasteiger partial charge in [-0.15, -0.1) is 0 Å². The Balaban J connectivity index is 2.16. The van der Waals surface area contributed by atoms with Crippen LogP contribution in [0.25, 0.3) is 22.2 Å². The van der Waals surface area contributed by atoms with Gasteiger partial charge in [0.15, 0.2) is 0 Å². The molecule has 7 heteroatoms. The topological polar surface area (TPSA) is 77.6 Å². The van der Waals surface area contributed by atoms with Crippen LogP contribution >= 0.6 is 0 Å². The van der Waals surface area contributed by atoms with E-state index in [0.29, 0.717) is 11.4 Å². The molecule has 2 N–H and O–H groups in total. The van der Waals surface area contributed by atoms with Crippen LogP contribution in [0.2, 0.25) is 0 Å². The summed E-state index contributed by atoms with van der Waals surface area (Å²) in [7, 11) is -0.108. The van der Waals surface area contributed by atoms with E-state index in [0.717, 1.165) is 40.9 Å². The largest absolute Gasteiger partial charge is 0.497 e. The van der Waals surface area contributed by atoms with E-state index in [4.69, 9.17) is 10.5 Å². The van der Waals surface area contributed by atoms with Gasteiger partial charge in [-0.3, -0.25) is 4.31 Å². The number of nitrogens with two attached hydrogens (primary N) is 1. The molecule has 1 aromatic heterocycles. The van der Waals surface area contributed by atoms with E-state index in [9.17, 15) is 8.42 Å². The van der Waals surface area contributed by atoms with Gasteiger partial charge in [-0.2, -0.15) is 0 Å². The number of ether oxygens (including phenoxy) is 1. The zero-order valence-electron chi connectivity index (χ0n) is 16.1. The summed E-state index contributed by atoms with van der Waals surface area (Å²) in [5, 5.41) is 0.983. The summed E-state index contributed by atoms with van der Waals surface area (Å²) in [5.41, 5.74) is 10.7. The number of anilines is 2. The fraction of sp³-hybridized carbons (Fsp3) is 0.300.